The van der Waals surface area contributed by atoms with Crippen LogP contribution in [0.15, 0.2) is 0 Å². The lowest BCUT2D eigenvalue weighted by Gasteiger charge is -2.25. The molecule has 0 aliphatic rings. The molecule has 0 radical (unpaired) electrons. The van der Waals surface area contributed by atoms with E-state index >= 15 is 0 Å². The maximum absolute atomic E-state index is 13.8. The molecule has 0 saturated carbocycles. The van der Waals surface area contributed by atoms with Crippen LogP contribution in [0.2, 0.25) is 0 Å². The second kappa shape index (κ2) is 7.22. The van der Waals surface area contributed by atoms with Gasteiger partial charge in [0.05, 0.1) is 0 Å². The Morgan fingerprint density at radius 1 is 0.833 bits per heavy atom. The molecule has 0 aromatic heterocycles. The summed E-state index contributed by atoms with van der Waals surface area (Å²) in [5.41, 5.74) is -0.444. The number of hydrogen-bond donors (Lipinski definition) is 0. The van der Waals surface area contributed by atoms with Crippen molar-refractivity contribution >= 4 is 15.8 Å². The Bertz CT molecular complexity index is 88.7. The van der Waals surface area contributed by atoms with E-state index in [-0.39, 0.29) is 15.8 Å². The Kier molecular flexibility index (Phi) is 7.69. The number of hydrogen-bond acceptors (Lipinski definition) is 0. The lowest BCUT2D eigenvalue weighted by atomic mass is 11.0. The molecule has 0 aromatic rings. The number of halogens is 1. The first-order chi connectivity index (χ1) is 5.71. The first-order valence-corrected chi connectivity index (χ1v) is 8.39. The molecule has 0 aliphatic carbocycles. The Labute approximate surface area is 78.8 Å². The van der Waals surface area contributed by atoms with Crippen molar-refractivity contribution in [2.75, 3.05) is 24.6 Å². The minimum Gasteiger partial charge on any atom is -0.238 e. The molecule has 0 spiro atoms. The normalized spacial score (nSPS) is 12.0. The minimum atomic E-state index is -0.444. The van der Waals surface area contributed by atoms with Crippen LogP contribution in [-0.4, -0.2) is 30.3 Å². The molecule has 0 bridgehead atoms. The van der Waals surface area contributed by atoms with Crippen molar-refractivity contribution in [3.05, 3.63) is 0 Å². The fourth-order valence-electron chi connectivity index (χ4n) is 1.28. The van der Waals surface area contributed by atoms with Gasteiger partial charge < -0.3 is 0 Å². The summed E-state index contributed by atoms with van der Waals surface area (Å²) in [4.78, 5) is 0. The molecule has 0 atom stereocenters. The van der Waals surface area contributed by atoms with Crippen molar-refractivity contribution < 1.29 is 4.39 Å². The van der Waals surface area contributed by atoms with E-state index in [0.29, 0.717) is 0 Å². The van der Waals surface area contributed by atoms with E-state index in [2.05, 4.69) is 27.7 Å². The summed E-state index contributed by atoms with van der Waals surface area (Å²) >= 11 is 0. The van der Waals surface area contributed by atoms with Crippen LogP contribution in [0, 0.1) is 0 Å². The highest BCUT2D eigenvalue weighted by molar-refractivity contribution is 7.75. The Morgan fingerprint density at radius 3 is 1.25 bits per heavy atom. The van der Waals surface area contributed by atoms with Crippen LogP contribution >= 0.6 is 15.8 Å². The zero-order chi connectivity index (χ0) is 9.56. The summed E-state index contributed by atoms with van der Waals surface area (Å²) in [5.74, 6) is 0. The second-order valence-corrected chi connectivity index (χ2v) is 8.95. The van der Waals surface area contributed by atoms with Crippen molar-refractivity contribution in [1.29, 1.82) is 0 Å². The first kappa shape index (κ1) is 12.8. The lowest BCUT2D eigenvalue weighted by Crippen LogP contribution is -2.02. The molecule has 0 N–H and O–H groups in total. The zero-order valence-electron chi connectivity index (χ0n) is 8.68. The van der Waals surface area contributed by atoms with Gasteiger partial charge in [-0.3, -0.25) is 0 Å². The molecule has 12 heavy (non-hydrogen) atoms. The molecule has 0 heterocycles. The molecule has 0 fully saturated rings. The first-order valence-electron chi connectivity index (χ1n) is 4.83. The van der Waals surface area contributed by atoms with Gasteiger partial charge in [-0.1, -0.05) is 43.5 Å². The van der Waals surface area contributed by atoms with Gasteiger partial charge in [0.1, 0.15) is 5.65 Å². The SMILES string of the molecule is CCP(CC)C(F)P(CC)CC. The Hall–Kier alpha value is 0.790. The molecular formula is C9H21FP2. The van der Waals surface area contributed by atoms with Crippen molar-refractivity contribution in [3.63, 3.8) is 0 Å². The summed E-state index contributed by atoms with van der Waals surface area (Å²) in [6.45, 7) is 8.50. The molecule has 74 valence electrons. The second-order valence-electron chi connectivity index (χ2n) is 2.75. The van der Waals surface area contributed by atoms with Crippen LogP contribution in [0.4, 0.5) is 4.39 Å². The predicted molar refractivity (Wildman–Crippen MR) is 60.9 cm³/mol. The lowest BCUT2D eigenvalue weighted by molar-refractivity contribution is 0.551. The maximum Gasteiger partial charge on any atom is 0.137 e. The molecule has 0 unspecified atom stereocenters. The minimum absolute atomic E-state index is 0.306. The molecule has 0 nitrogen and oxygen atoms in total. The Balaban J connectivity index is 4.02. The van der Waals surface area contributed by atoms with Crippen molar-refractivity contribution in [2.45, 2.75) is 33.3 Å². The third-order valence-electron chi connectivity index (χ3n) is 2.23. The average molecular weight is 210 g/mol. The van der Waals surface area contributed by atoms with Gasteiger partial charge in [0, 0.05) is 0 Å². The molecule has 0 aliphatic heterocycles. The highest BCUT2D eigenvalue weighted by atomic mass is 31.2. The van der Waals surface area contributed by atoms with Gasteiger partial charge >= 0.3 is 0 Å². The molecule has 0 aromatic carbocycles. The maximum atomic E-state index is 13.8. The van der Waals surface area contributed by atoms with Crippen LogP contribution < -0.4 is 0 Å². The molecule has 0 rings (SSSR count). The van der Waals surface area contributed by atoms with Crippen LogP contribution in [0.5, 0.6) is 0 Å². The number of rotatable bonds is 6. The van der Waals surface area contributed by atoms with Crippen molar-refractivity contribution in [3.8, 4) is 0 Å². The van der Waals surface area contributed by atoms with E-state index in [9.17, 15) is 4.39 Å². The van der Waals surface area contributed by atoms with E-state index in [0.717, 1.165) is 24.6 Å². The van der Waals surface area contributed by atoms with Crippen LogP contribution in [0.3, 0.4) is 0 Å². The fourth-order valence-corrected chi connectivity index (χ4v) is 7.19. The third-order valence-corrected chi connectivity index (χ3v) is 8.64. The molecule has 3 heteroatoms. The van der Waals surface area contributed by atoms with E-state index in [4.69, 9.17) is 0 Å². The summed E-state index contributed by atoms with van der Waals surface area (Å²) in [6, 6.07) is 0. The molecule has 0 amide bonds. The Morgan fingerprint density at radius 2 is 1.08 bits per heavy atom. The summed E-state index contributed by atoms with van der Waals surface area (Å²) in [5, 5.41) is 0. The average Bonchev–Trinajstić information content (AvgIpc) is 2.09. The summed E-state index contributed by atoms with van der Waals surface area (Å²) < 4.78 is 13.8. The summed E-state index contributed by atoms with van der Waals surface area (Å²) in [7, 11) is -0.613. The third kappa shape index (κ3) is 3.67. The number of alkyl halides is 1. The molecular weight excluding hydrogens is 189 g/mol. The summed E-state index contributed by atoms with van der Waals surface area (Å²) in [6.07, 6.45) is 4.25. The highest BCUT2D eigenvalue weighted by Crippen LogP contribution is 2.58. The molecule has 0 saturated heterocycles. The van der Waals surface area contributed by atoms with Crippen LogP contribution in [0.25, 0.3) is 0 Å². The highest BCUT2D eigenvalue weighted by Gasteiger charge is 2.23. The smallest absolute Gasteiger partial charge is 0.137 e. The fraction of sp³-hybridized carbons (Fsp3) is 1.00. The van der Waals surface area contributed by atoms with Gasteiger partial charge in [-0.05, 0) is 24.6 Å². The van der Waals surface area contributed by atoms with Crippen LogP contribution in [-0.2, 0) is 0 Å². The van der Waals surface area contributed by atoms with E-state index < -0.39 is 5.65 Å². The topological polar surface area (TPSA) is 0 Å². The van der Waals surface area contributed by atoms with Gasteiger partial charge in [-0.2, -0.15) is 0 Å². The van der Waals surface area contributed by atoms with E-state index in [1.165, 1.54) is 0 Å². The van der Waals surface area contributed by atoms with Gasteiger partial charge in [-0.15, -0.1) is 0 Å². The largest absolute Gasteiger partial charge is 0.238 e. The van der Waals surface area contributed by atoms with Gasteiger partial charge in [0.15, 0.2) is 0 Å². The van der Waals surface area contributed by atoms with E-state index in [1.807, 2.05) is 0 Å². The van der Waals surface area contributed by atoms with Gasteiger partial charge in [-0.25, -0.2) is 4.39 Å². The van der Waals surface area contributed by atoms with Crippen LogP contribution in [0.1, 0.15) is 27.7 Å². The predicted octanol–water partition coefficient (Wildman–Crippen LogP) is 4.28. The quantitative estimate of drug-likeness (QED) is 0.574. The van der Waals surface area contributed by atoms with Crippen molar-refractivity contribution in [2.24, 2.45) is 0 Å². The van der Waals surface area contributed by atoms with E-state index in [1.54, 1.807) is 0 Å². The van der Waals surface area contributed by atoms with Gasteiger partial charge in [0.2, 0.25) is 0 Å². The van der Waals surface area contributed by atoms with Gasteiger partial charge in [0.25, 0.3) is 0 Å². The monoisotopic (exact) mass is 210 g/mol. The zero-order valence-corrected chi connectivity index (χ0v) is 10.5. The standard InChI is InChI=1S/C9H21FP2/c1-5-11(6-2)9(10)12(7-3)8-4/h9H,5-8H2,1-4H3. The van der Waals surface area contributed by atoms with Crippen molar-refractivity contribution in [1.82, 2.24) is 0 Å².